The second-order valence-electron chi connectivity index (χ2n) is 5.89. The van der Waals surface area contributed by atoms with Crippen LogP contribution in [0.1, 0.15) is 15.9 Å². The third kappa shape index (κ3) is 5.88. The molecule has 26 heavy (non-hydrogen) atoms. The maximum atomic E-state index is 11.4. The Morgan fingerprint density at radius 1 is 1.19 bits per heavy atom. The third-order valence-corrected chi connectivity index (χ3v) is 4.57. The van der Waals surface area contributed by atoms with E-state index in [0.717, 1.165) is 5.56 Å². The summed E-state index contributed by atoms with van der Waals surface area (Å²) in [5, 5.41) is 11.2. The summed E-state index contributed by atoms with van der Waals surface area (Å²) in [5.41, 5.74) is 1.34. The molecule has 2 aromatic carbocycles. The minimum Gasteiger partial charge on any atom is -0.491 e. The molecule has 0 amide bonds. The van der Waals surface area contributed by atoms with Crippen LogP contribution in [0.3, 0.4) is 0 Å². The van der Waals surface area contributed by atoms with Crippen LogP contribution in [0.2, 0.25) is 10.0 Å². The number of aliphatic hydroxyl groups is 1. The number of halogens is 2. The number of benzene rings is 2. The van der Waals surface area contributed by atoms with Gasteiger partial charge in [-0.25, -0.2) is 4.79 Å². The lowest BCUT2D eigenvalue weighted by atomic mass is 10.2. The van der Waals surface area contributed by atoms with Crippen LogP contribution in [0.4, 0.5) is 0 Å². The molecule has 1 unspecified atom stereocenters. The summed E-state index contributed by atoms with van der Waals surface area (Å²) < 4.78 is 10.2. The Bertz CT molecular complexity index is 737. The highest BCUT2D eigenvalue weighted by Gasteiger charge is 2.12. The molecule has 0 saturated carbocycles. The Balaban J connectivity index is 1.81. The van der Waals surface area contributed by atoms with Gasteiger partial charge in [0.15, 0.2) is 0 Å². The Morgan fingerprint density at radius 3 is 2.54 bits per heavy atom. The number of methoxy groups -OCH3 is 1. The van der Waals surface area contributed by atoms with E-state index < -0.39 is 12.1 Å². The number of esters is 1. The fourth-order valence-corrected chi connectivity index (χ4v) is 2.82. The van der Waals surface area contributed by atoms with Crippen molar-refractivity contribution in [1.29, 1.82) is 0 Å². The molecule has 1 atom stereocenters. The Hall–Kier alpha value is -1.79. The lowest BCUT2D eigenvalue weighted by molar-refractivity contribution is 0.0600. The van der Waals surface area contributed by atoms with Crippen LogP contribution in [0.15, 0.2) is 42.5 Å². The van der Waals surface area contributed by atoms with Crippen molar-refractivity contribution < 1.29 is 19.4 Å². The average Bonchev–Trinajstić information content (AvgIpc) is 2.63. The van der Waals surface area contributed by atoms with E-state index in [0.29, 0.717) is 34.4 Å². The van der Waals surface area contributed by atoms with Crippen LogP contribution >= 0.6 is 23.2 Å². The number of ether oxygens (including phenoxy) is 2. The molecule has 0 radical (unpaired) electrons. The molecule has 7 heteroatoms. The monoisotopic (exact) mass is 397 g/mol. The number of likely N-dealkylation sites (N-methyl/N-ethyl adjacent to an activating group) is 1. The topological polar surface area (TPSA) is 59.0 Å². The molecular weight excluding hydrogens is 377 g/mol. The highest BCUT2D eigenvalue weighted by Crippen LogP contribution is 2.26. The van der Waals surface area contributed by atoms with E-state index >= 15 is 0 Å². The van der Waals surface area contributed by atoms with Gasteiger partial charge in [-0.1, -0.05) is 35.3 Å². The SMILES string of the molecule is COC(=O)c1ccc(OCC(O)CN(C)Cc2cccc(Cl)c2Cl)cc1. The first-order valence-corrected chi connectivity index (χ1v) is 8.77. The molecule has 1 N–H and O–H groups in total. The Labute approximate surface area is 163 Å². The molecule has 2 aromatic rings. The minimum absolute atomic E-state index is 0.130. The largest absolute Gasteiger partial charge is 0.491 e. The lowest BCUT2D eigenvalue weighted by Gasteiger charge is -2.21. The van der Waals surface area contributed by atoms with E-state index in [4.69, 9.17) is 27.9 Å². The summed E-state index contributed by atoms with van der Waals surface area (Å²) in [6, 6.07) is 12.0. The van der Waals surface area contributed by atoms with E-state index in [9.17, 15) is 9.90 Å². The molecule has 0 heterocycles. The van der Waals surface area contributed by atoms with Gasteiger partial charge in [0.25, 0.3) is 0 Å². The molecule has 0 aliphatic rings. The van der Waals surface area contributed by atoms with E-state index in [-0.39, 0.29) is 6.61 Å². The quantitative estimate of drug-likeness (QED) is 0.688. The third-order valence-electron chi connectivity index (χ3n) is 3.71. The summed E-state index contributed by atoms with van der Waals surface area (Å²) in [6.07, 6.45) is -0.682. The van der Waals surface area contributed by atoms with E-state index in [1.165, 1.54) is 7.11 Å². The molecule has 0 bridgehead atoms. The number of nitrogens with zero attached hydrogens (tertiary/aromatic N) is 1. The van der Waals surface area contributed by atoms with Gasteiger partial charge in [-0.15, -0.1) is 0 Å². The summed E-state index contributed by atoms with van der Waals surface area (Å²) in [7, 11) is 3.21. The van der Waals surface area contributed by atoms with Gasteiger partial charge in [-0.3, -0.25) is 4.90 Å². The number of carbonyl (C=O) groups is 1. The van der Waals surface area contributed by atoms with Crippen LogP contribution in [0, 0.1) is 0 Å². The highest BCUT2D eigenvalue weighted by molar-refractivity contribution is 6.42. The molecule has 0 saturated heterocycles. The van der Waals surface area contributed by atoms with Gasteiger partial charge in [-0.05, 0) is 42.9 Å². The normalized spacial score (nSPS) is 12.1. The van der Waals surface area contributed by atoms with Gasteiger partial charge in [0, 0.05) is 13.1 Å². The molecule has 2 rings (SSSR count). The standard InChI is InChI=1S/C19H21Cl2NO4/c1-22(10-14-4-3-5-17(20)18(14)21)11-15(23)12-26-16-8-6-13(7-9-16)19(24)25-2/h3-9,15,23H,10-12H2,1-2H3. The average molecular weight is 398 g/mol. The first kappa shape index (κ1) is 20.5. The van der Waals surface area contributed by atoms with Crippen LogP contribution < -0.4 is 4.74 Å². The van der Waals surface area contributed by atoms with Gasteiger partial charge in [-0.2, -0.15) is 0 Å². The summed E-state index contributed by atoms with van der Waals surface area (Å²) in [4.78, 5) is 13.3. The number of carbonyl (C=O) groups excluding carboxylic acids is 1. The first-order valence-electron chi connectivity index (χ1n) is 8.01. The van der Waals surface area contributed by atoms with Gasteiger partial charge in [0.1, 0.15) is 18.5 Å². The molecule has 0 aliphatic carbocycles. The van der Waals surface area contributed by atoms with Crippen molar-refractivity contribution in [3.8, 4) is 5.75 Å². The molecule has 0 spiro atoms. The molecule has 0 aromatic heterocycles. The number of aliphatic hydroxyl groups excluding tert-OH is 1. The van der Waals surface area contributed by atoms with Crippen molar-refractivity contribution in [3.05, 3.63) is 63.6 Å². The van der Waals surface area contributed by atoms with Crippen molar-refractivity contribution in [3.63, 3.8) is 0 Å². The van der Waals surface area contributed by atoms with E-state index in [2.05, 4.69) is 4.74 Å². The van der Waals surface area contributed by atoms with E-state index in [1.54, 1.807) is 30.3 Å². The van der Waals surface area contributed by atoms with Crippen molar-refractivity contribution in [2.24, 2.45) is 0 Å². The minimum atomic E-state index is -0.682. The van der Waals surface area contributed by atoms with Crippen LogP contribution in [-0.2, 0) is 11.3 Å². The van der Waals surface area contributed by atoms with Gasteiger partial charge >= 0.3 is 5.97 Å². The van der Waals surface area contributed by atoms with E-state index in [1.807, 2.05) is 24.1 Å². The second-order valence-corrected chi connectivity index (χ2v) is 6.68. The smallest absolute Gasteiger partial charge is 0.337 e. The molecule has 0 aliphatic heterocycles. The highest BCUT2D eigenvalue weighted by atomic mass is 35.5. The fourth-order valence-electron chi connectivity index (χ4n) is 2.44. The summed E-state index contributed by atoms with van der Waals surface area (Å²) in [5.74, 6) is 0.162. The van der Waals surface area contributed by atoms with Crippen molar-refractivity contribution in [2.45, 2.75) is 12.6 Å². The van der Waals surface area contributed by atoms with Crippen molar-refractivity contribution in [1.82, 2.24) is 4.90 Å². The maximum absolute atomic E-state index is 11.4. The van der Waals surface area contributed by atoms with Gasteiger partial charge in [0.2, 0.25) is 0 Å². The Kier molecular flexibility index (Phi) is 7.72. The Morgan fingerprint density at radius 2 is 1.88 bits per heavy atom. The van der Waals surface area contributed by atoms with Crippen LogP contribution in [-0.4, -0.2) is 49.4 Å². The number of rotatable bonds is 8. The van der Waals surface area contributed by atoms with Gasteiger partial charge < -0.3 is 14.6 Å². The second kappa shape index (κ2) is 9.78. The fraction of sp³-hybridized carbons (Fsp3) is 0.316. The number of hydrogen-bond donors (Lipinski definition) is 1. The summed E-state index contributed by atoms with van der Waals surface area (Å²) >= 11 is 12.2. The predicted octanol–water partition coefficient (Wildman–Crippen LogP) is 3.65. The van der Waals surface area contributed by atoms with Crippen molar-refractivity contribution >= 4 is 29.2 Å². The van der Waals surface area contributed by atoms with Gasteiger partial charge in [0.05, 0.1) is 22.7 Å². The zero-order chi connectivity index (χ0) is 19.1. The lowest BCUT2D eigenvalue weighted by Crippen LogP contribution is -2.32. The zero-order valence-electron chi connectivity index (χ0n) is 14.6. The summed E-state index contributed by atoms with van der Waals surface area (Å²) in [6.45, 7) is 1.10. The number of hydrogen-bond acceptors (Lipinski definition) is 5. The van der Waals surface area contributed by atoms with Crippen LogP contribution in [0.25, 0.3) is 0 Å². The predicted molar refractivity (Wildman–Crippen MR) is 102 cm³/mol. The molecule has 0 fully saturated rings. The maximum Gasteiger partial charge on any atom is 0.337 e. The zero-order valence-corrected chi connectivity index (χ0v) is 16.1. The molecule has 140 valence electrons. The molecule has 5 nitrogen and oxygen atoms in total. The molecular formula is C19H21Cl2NO4. The first-order chi connectivity index (χ1) is 12.4. The van der Waals surface area contributed by atoms with Crippen molar-refractivity contribution in [2.75, 3.05) is 27.3 Å². The van der Waals surface area contributed by atoms with Crippen LogP contribution in [0.5, 0.6) is 5.75 Å².